The lowest BCUT2D eigenvalue weighted by atomic mass is 9.82. The second-order valence-corrected chi connectivity index (χ2v) is 6.23. The molecule has 0 radical (unpaired) electrons. The number of rotatable bonds is 8. The summed E-state index contributed by atoms with van der Waals surface area (Å²) < 4.78 is 5.09. The molecule has 2 atom stereocenters. The van der Waals surface area contributed by atoms with Gasteiger partial charge in [0.25, 0.3) is 0 Å². The molecule has 98 valence electrons. The second-order valence-electron chi connectivity index (χ2n) is 6.23. The first-order chi connectivity index (χ1) is 7.39. The van der Waals surface area contributed by atoms with Crippen LogP contribution in [0.5, 0.6) is 0 Å². The minimum Gasteiger partial charge on any atom is -0.385 e. The Hall–Kier alpha value is -0.0800. The molecule has 2 unspecified atom stereocenters. The maximum atomic E-state index is 5.09. The molecule has 0 saturated heterocycles. The molecule has 0 aliphatic heterocycles. The van der Waals surface area contributed by atoms with Crippen molar-refractivity contribution in [1.29, 1.82) is 0 Å². The van der Waals surface area contributed by atoms with Crippen LogP contribution in [0.2, 0.25) is 0 Å². The topological polar surface area (TPSA) is 21.3 Å². The zero-order valence-electron chi connectivity index (χ0n) is 12.1. The molecule has 0 heterocycles. The standard InChI is InChI=1S/C14H31NO/c1-12(11-14(2,3)4)10-13(15-5)8-7-9-16-6/h12-13,15H,7-11H2,1-6H3. The summed E-state index contributed by atoms with van der Waals surface area (Å²) in [6.07, 6.45) is 4.95. The first-order valence-corrected chi connectivity index (χ1v) is 6.55. The summed E-state index contributed by atoms with van der Waals surface area (Å²) >= 11 is 0. The molecule has 0 aromatic heterocycles. The van der Waals surface area contributed by atoms with Crippen LogP contribution in [0.15, 0.2) is 0 Å². The molecule has 0 rings (SSSR count). The van der Waals surface area contributed by atoms with Crippen LogP contribution in [0.1, 0.15) is 53.4 Å². The van der Waals surface area contributed by atoms with Crippen molar-refractivity contribution in [3.63, 3.8) is 0 Å². The predicted octanol–water partition coefficient (Wildman–Crippen LogP) is 3.46. The summed E-state index contributed by atoms with van der Waals surface area (Å²) in [6, 6.07) is 0.646. The minimum atomic E-state index is 0.449. The summed E-state index contributed by atoms with van der Waals surface area (Å²) in [5.41, 5.74) is 0.449. The Balaban J connectivity index is 3.83. The molecule has 16 heavy (non-hydrogen) atoms. The van der Waals surface area contributed by atoms with Crippen molar-refractivity contribution in [2.75, 3.05) is 20.8 Å². The fourth-order valence-electron chi connectivity index (χ4n) is 2.47. The Morgan fingerprint density at radius 1 is 1.25 bits per heavy atom. The number of hydrogen-bond donors (Lipinski definition) is 1. The number of hydrogen-bond acceptors (Lipinski definition) is 2. The van der Waals surface area contributed by atoms with Crippen LogP contribution in [-0.4, -0.2) is 26.8 Å². The fraction of sp³-hybridized carbons (Fsp3) is 1.00. The lowest BCUT2D eigenvalue weighted by Gasteiger charge is -2.26. The summed E-state index contributed by atoms with van der Waals surface area (Å²) in [5, 5.41) is 3.42. The summed E-state index contributed by atoms with van der Waals surface area (Å²) in [7, 11) is 3.85. The SMILES string of the molecule is CNC(CCCOC)CC(C)CC(C)(C)C. The van der Waals surface area contributed by atoms with Crippen molar-refractivity contribution in [3.05, 3.63) is 0 Å². The highest BCUT2D eigenvalue weighted by Gasteiger charge is 2.18. The number of methoxy groups -OCH3 is 1. The lowest BCUT2D eigenvalue weighted by Crippen LogP contribution is -2.28. The lowest BCUT2D eigenvalue weighted by molar-refractivity contribution is 0.185. The Labute approximate surface area is 102 Å². The third-order valence-electron chi connectivity index (χ3n) is 2.96. The van der Waals surface area contributed by atoms with E-state index in [1.807, 2.05) is 0 Å². The summed E-state index contributed by atoms with van der Waals surface area (Å²) in [4.78, 5) is 0. The van der Waals surface area contributed by atoms with Gasteiger partial charge in [-0.15, -0.1) is 0 Å². The molecule has 0 saturated carbocycles. The highest BCUT2D eigenvalue weighted by Crippen LogP contribution is 2.27. The van der Waals surface area contributed by atoms with Crippen LogP contribution in [0, 0.1) is 11.3 Å². The highest BCUT2D eigenvalue weighted by atomic mass is 16.5. The van der Waals surface area contributed by atoms with Gasteiger partial charge in [-0.25, -0.2) is 0 Å². The molecule has 0 bridgehead atoms. The Morgan fingerprint density at radius 2 is 1.88 bits per heavy atom. The largest absolute Gasteiger partial charge is 0.385 e. The molecule has 0 fully saturated rings. The van der Waals surface area contributed by atoms with Gasteiger partial charge in [-0.2, -0.15) is 0 Å². The molecule has 0 amide bonds. The van der Waals surface area contributed by atoms with Gasteiger partial charge in [-0.3, -0.25) is 0 Å². The molecule has 2 heteroatoms. The molecule has 0 spiro atoms. The number of nitrogens with one attached hydrogen (secondary N) is 1. The van der Waals surface area contributed by atoms with E-state index in [0.29, 0.717) is 11.5 Å². The van der Waals surface area contributed by atoms with Crippen LogP contribution in [-0.2, 0) is 4.74 Å². The van der Waals surface area contributed by atoms with Gasteiger partial charge in [-0.1, -0.05) is 27.7 Å². The predicted molar refractivity (Wildman–Crippen MR) is 71.8 cm³/mol. The Kier molecular flexibility index (Phi) is 8.04. The number of ether oxygens (including phenoxy) is 1. The molecule has 0 aromatic rings. The van der Waals surface area contributed by atoms with E-state index in [2.05, 4.69) is 40.1 Å². The van der Waals surface area contributed by atoms with Crippen LogP contribution >= 0.6 is 0 Å². The van der Waals surface area contributed by atoms with Crippen molar-refractivity contribution in [2.24, 2.45) is 11.3 Å². The van der Waals surface area contributed by atoms with Gasteiger partial charge in [0.15, 0.2) is 0 Å². The monoisotopic (exact) mass is 229 g/mol. The third kappa shape index (κ3) is 9.17. The normalized spacial score (nSPS) is 16.1. The van der Waals surface area contributed by atoms with E-state index in [0.717, 1.165) is 18.9 Å². The van der Waals surface area contributed by atoms with Crippen LogP contribution in [0.3, 0.4) is 0 Å². The van der Waals surface area contributed by atoms with E-state index >= 15 is 0 Å². The van der Waals surface area contributed by atoms with E-state index in [9.17, 15) is 0 Å². The molecule has 2 nitrogen and oxygen atoms in total. The molecule has 0 aliphatic rings. The first kappa shape index (κ1) is 15.9. The van der Waals surface area contributed by atoms with Gasteiger partial charge in [0, 0.05) is 19.8 Å². The van der Waals surface area contributed by atoms with Crippen LogP contribution in [0.4, 0.5) is 0 Å². The van der Waals surface area contributed by atoms with E-state index < -0.39 is 0 Å². The molecule has 0 aromatic carbocycles. The third-order valence-corrected chi connectivity index (χ3v) is 2.96. The first-order valence-electron chi connectivity index (χ1n) is 6.55. The maximum absolute atomic E-state index is 5.09. The average Bonchev–Trinajstić information content (AvgIpc) is 2.13. The quantitative estimate of drug-likeness (QED) is 0.644. The molecule has 0 aliphatic carbocycles. The second kappa shape index (κ2) is 8.08. The Morgan fingerprint density at radius 3 is 2.31 bits per heavy atom. The van der Waals surface area contributed by atoms with Crippen molar-refractivity contribution in [3.8, 4) is 0 Å². The van der Waals surface area contributed by atoms with Crippen molar-refractivity contribution in [1.82, 2.24) is 5.32 Å². The fourth-order valence-corrected chi connectivity index (χ4v) is 2.47. The smallest absolute Gasteiger partial charge is 0.0462 e. The summed E-state index contributed by atoms with van der Waals surface area (Å²) in [5.74, 6) is 0.792. The summed E-state index contributed by atoms with van der Waals surface area (Å²) in [6.45, 7) is 10.2. The zero-order valence-corrected chi connectivity index (χ0v) is 12.1. The van der Waals surface area contributed by atoms with Crippen LogP contribution < -0.4 is 5.32 Å². The molecular formula is C14H31NO. The maximum Gasteiger partial charge on any atom is 0.0462 e. The molecular weight excluding hydrogens is 198 g/mol. The highest BCUT2D eigenvalue weighted by molar-refractivity contribution is 4.72. The minimum absolute atomic E-state index is 0.449. The van der Waals surface area contributed by atoms with E-state index in [1.54, 1.807) is 7.11 Å². The van der Waals surface area contributed by atoms with Crippen molar-refractivity contribution >= 4 is 0 Å². The van der Waals surface area contributed by atoms with Crippen molar-refractivity contribution < 1.29 is 4.74 Å². The Bertz CT molecular complexity index is 163. The van der Waals surface area contributed by atoms with E-state index in [4.69, 9.17) is 4.74 Å². The van der Waals surface area contributed by atoms with Gasteiger partial charge < -0.3 is 10.1 Å². The van der Waals surface area contributed by atoms with Gasteiger partial charge in [-0.05, 0) is 44.1 Å². The van der Waals surface area contributed by atoms with Gasteiger partial charge in [0.1, 0.15) is 0 Å². The van der Waals surface area contributed by atoms with Gasteiger partial charge >= 0.3 is 0 Å². The van der Waals surface area contributed by atoms with E-state index in [1.165, 1.54) is 19.3 Å². The zero-order chi connectivity index (χ0) is 12.6. The van der Waals surface area contributed by atoms with Crippen LogP contribution in [0.25, 0.3) is 0 Å². The van der Waals surface area contributed by atoms with Gasteiger partial charge in [0.05, 0.1) is 0 Å². The van der Waals surface area contributed by atoms with Gasteiger partial charge in [0.2, 0.25) is 0 Å². The molecule has 1 N–H and O–H groups in total. The van der Waals surface area contributed by atoms with Crippen molar-refractivity contribution in [2.45, 2.75) is 59.4 Å². The average molecular weight is 229 g/mol. The van der Waals surface area contributed by atoms with E-state index in [-0.39, 0.29) is 0 Å².